The van der Waals surface area contributed by atoms with E-state index in [0.29, 0.717) is 37.1 Å². The number of carbonyl (C=O) groups excluding carboxylic acids is 2. The molecule has 1 aromatic heterocycles. The zero-order valence-electron chi connectivity index (χ0n) is 24.1. The molecule has 2 bridgehead atoms. The molecule has 3 heterocycles. The summed E-state index contributed by atoms with van der Waals surface area (Å²) in [5, 5.41) is 13.5. The fourth-order valence-electron chi connectivity index (χ4n) is 6.87. The van der Waals surface area contributed by atoms with Gasteiger partial charge < -0.3 is 24.4 Å². The number of aliphatic hydroxyl groups is 1. The molecule has 1 aliphatic carbocycles. The fraction of sp³-hybridized carbons (Fsp3) is 0.485. The van der Waals surface area contributed by atoms with Crippen molar-refractivity contribution in [2.45, 2.75) is 58.7 Å². The van der Waals surface area contributed by atoms with Gasteiger partial charge in [-0.3, -0.25) is 4.79 Å². The third-order valence-corrected chi connectivity index (χ3v) is 10.1. The lowest BCUT2D eigenvalue weighted by Gasteiger charge is -2.36. The van der Waals surface area contributed by atoms with Gasteiger partial charge in [-0.25, -0.2) is 4.98 Å². The van der Waals surface area contributed by atoms with Crippen LogP contribution >= 0.6 is 11.3 Å². The third kappa shape index (κ3) is 5.77. The predicted molar refractivity (Wildman–Crippen MR) is 162 cm³/mol. The van der Waals surface area contributed by atoms with Gasteiger partial charge in [0, 0.05) is 48.6 Å². The van der Waals surface area contributed by atoms with Crippen LogP contribution in [0.5, 0.6) is 5.75 Å². The fourth-order valence-corrected chi connectivity index (χ4v) is 7.71. The number of rotatable bonds is 7. The van der Waals surface area contributed by atoms with Crippen LogP contribution in [0.3, 0.4) is 0 Å². The molecule has 2 aliphatic heterocycles. The topological polar surface area (TPSA) is 83.0 Å². The molecule has 4 atom stereocenters. The van der Waals surface area contributed by atoms with E-state index in [4.69, 9.17) is 9.72 Å². The monoisotopic (exact) mass is 573 g/mol. The quantitative estimate of drug-likeness (QED) is 0.368. The van der Waals surface area contributed by atoms with Crippen LogP contribution in [0, 0.1) is 31.6 Å². The van der Waals surface area contributed by atoms with Crippen LogP contribution in [-0.2, 0) is 11.4 Å². The Morgan fingerprint density at radius 1 is 1.17 bits per heavy atom. The first-order chi connectivity index (χ1) is 19.7. The van der Waals surface area contributed by atoms with Crippen LogP contribution < -0.4 is 9.64 Å². The molecule has 1 saturated carbocycles. The Bertz CT molecular complexity index is 1440. The smallest absolute Gasteiger partial charge is 0.253 e. The van der Waals surface area contributed by atoms with Gasteiger partial charge in [0.15, 0.2) is 5.13 Å². The molecule has 7 nitrogen and oxygen atoms in total. The first-order valence-corrected chi connectivity index (χ1v) is 15.6. The number of piperidine rings is 2. The number of benzene rings is 2. The number of aryl methyl sites for hydroxylation is 2. The standard InChI is InChI=1S/C33H39N3O4S/c1-21-5-10-30(27(13-21)29-19-41-32(34-29)36-15-24-7-8-25(16-36)28(24)17-37)40-18-26-9-6-23(14-22(26)2)31(38)35-12-4-11-33(3,39)20-35/h5-6,9-10,13-14,17,19,24-25,28,39H,4,7-8,11-12,15-16,18,20H2,1-3H3/t24-,25?,28+,33?/m0/s1. The van der Waals surface area contributed by atoms with E-state index in [-0.39, 0.29) is 11.8 Å². The Labute approximate surface area is 246 Å². The lowest BCUT2D eigenvalue weighted by atomic mass is 9.87. The summed E-state index contributed by atoms with van der Waals surface area (Å²) in [6.07, 6.45) is 4.97. The molecular weight excluding hydrogens is 534 g/mol. The number of aromatic nitrogens is 1. The Morgan fingerprint density at radius 3 is 2.66 bits per heavy atom. The van der Waals surface area contributed by atoms with Gasteiger partial charge in [-0.15, -0.1) is 11.3 Å². The lowest BCUT2D eigenvalue weighted by molar-refractivity contribution is -0.113. The van der Waals surface area contributed by atoms with Crippen molar-refractivity contribution < 1.29 is 19.4 Å². The number of thiazole rings is 1. The number of aldehydes is 1. The molecule has 216 valence electrons. The van der Waals surface area contributed by atoms with Crippen LogP contribution in [0.1, 0.15) is 59.7 Å². The second kappa shape index (κ2) is 11.2. The Hall–Kier alpha value is -3.23. The molecule has 0 spiro atoms. The zero-order valence-corrected chi connectivity index (χ0v) is 25.0. The van der Waals surface area contributed by atoms with Crippen LogP contribution in [0.15, 0.2) is 41.8 Å². The number of fused-ring (bicyclic) bond motifs is 2. The molecule has 0 radical (unpaired) electrons. The number of hydrogen-bond donors (Lipinski definition) is 1. The number of nitrogens with zero attached hydrogens (tertiary/aromatic N) is 3. The van der Waals surface area contributed by atoms with Gasteiger partial charge in [-0.1, -0.05) is 17.7 Å². The first kappa shape index (κ1) is 27.9. The highest BCUT2D eigenvalue weighted by Gasteiger charge is 2.42. The van der Waals surface area contributed by atoms with E-state index in [1.165, 1.54) is 6.29 Å². The molecule has 2 aromatic carbocycles. The Morgan fingerprint density at radius 2 is 1.95 bits per heavy atom. The second-order valence-electron chi connectivity index (χ2n) is 12.5. The van der Waals surface area contributed by atoms with E-state index in [1.807, 2.05) is 31.2 Å². The third-order valence-electron chi connectivity index (χ3n) is 9.17. The maximum Gasteiger partial charge on any atom is 0.253 e. The lowest BCUT2D eigenvalue weighted by Crippen LogP contribution is -2.48. The highest BCUT2D eigenvalue weighted by Crippen LogP contribution is 2.43. The number of β-amino-alcohol motifs (C(OH)–C–C–N with tert-alkyl or cyclic N) is 1. The summed E-state index contributed by atoms with van der Waals surface area (Å²) in [6, 6.07) is 11.9. The summed E-state index contributed by atoms with van der Waals surface area (Å²) in [7, 11) is 0. The minimum absolute atomic E-state index is 0.0379. The SMILES string of the molecule is Cc1ccc(OCc2ccc(C(=O)N3CCCC(C)(O)C3)cc2C)c(-c2csc(N3CC4CC[C@@H](C3)[C@H]4C=O)n2)c1. The van der Waals surface area contributed by atoms with Crippen LogP contribution in [0.4, 0.5) is 5.13 Å². The van der Waals surface area contributed by atoms with Crippen molar-refractivity contribution in [1.29, 1.82) is 0 Å². The minimum Gasteiger partial charge on any atom is -0.488 e. The van der Waals surface area contributed by atoms with E-state index in [2.05, 4.69) is 29.3 Å². The van der Waals surface area contributed by atoms with Gasteiger partial charge in [0.05, 0.1) is 11.3 Å². The van der Waals surface area contributed by atoms with Crippen molar-refractivity contribution >= 4 is 28.7 Å². The number of ether oxygens (including phenoxy) is 1. The summed E-state index contributed by atoms with van der Waals surface area (Å²) >= 11 is 1.66. The highest BCUT2D eigenvalue weighted by atomic mass is 32.1. The molecule has 6 rings (SSSR count). The van der Waals surface area contributed by atoms with Crippen LogP contribution in [0.2, 0.25) is 0 Å². The number of hydrogen-bond acceptors (Lipinski definition) is 7. The Kier molecular flexibility index (Phi) is 7.64. The second-order valence-corrected chi connectivity index (χ2v) is 13.3. The molecule has 2 saturated heterocycles. The summed E-state index contributed by atoms with van der Waals surface area (Å²) < 4.78 is 6.37. The maximum atomic E-state index is 13.1. The zero-order chi connectivity index (χ0) is 28.7. The molecule has 3 fully saturated rings. The average Bonchev–Trinajstić information content (AvgIpc) is 3.53. The van der Waals surface area contributed by atoms with Gasteiger partial charge in [-0.2, -0.15) is 0 Å². The summed E-state index contributed by atoms with van der Waals surface area (Å²) in [4.78, 5) is 33.8. The van der Waals surface area contributed by atoms with Crippen molar-refractivity contribution in [2.24, 2.45) is 17.8 Å². The van der Waals surface area contributed by atoms with Crippen molar-refractivity contribution in [3.8, 4) is 17.0 Å². The predicted octanol–water partition coefficient (Wildman–Crippen LogP) is 5.65. The van der Waals surface area contributed by atoms with Crippen molar-refractivity contribution in [3.05, 3.63) is 64.0 Å². The minimum atomic E-state index is -0.826. The van der Waals surface area contributed by atoms with Crippen LogP contribution in [-0.4, -0.2) is 59.0 Å². The molecule has 8 heteroatoms. The number of carbonyl (C=O) groups is 2. The molecule has 1 amide bonds. The molecule has 1 N–H and O–H groups in total. The Balaban J connectivity index is 1.15. The normalized spacial score (nSPS) is 25.8. The maximum absolute atomic E-state index is 13.1. The van der Waals surface area contributed by atoms with Crippen LogP contribution in [0.25, 0.3) is 11.3 Å². The van der Waals surface area contributed by atoms with Gasteiger partial charge in [0.1, 0.15) is 18.6 Å². The summed E-state index contributed by atoms with van der Waals surface area (Å²) in [5.74, 6) is 1.83. The van der Waals surface area contributed by atoms with Crippen molar-refractivity contribution in [1.82, 2.24) is 9.88 Å². The highest BCUT2D eigenvalue weighted by molar-refractivity contribution is 7.14. The molecule has 41 heavy (non-hydrogen) atoms. The van der Waals surface area contributed by atoms with Gasteiger partial charge in [-0.05, 0) is 93.7 Å². The number of amides is 1. The largest absolute Gasteiger partial charge is 0.488 e. The molecule has 3 aromatic rings. The van der Waals surface area contributed by atoms with E-state index in [0.717, 1.165) is 77.6 Å². The average molecular weight is 574 g/mol. The van der Waals surface area contributed by atoms with E-state index < -0.39 is 5.60 Å². The molecular formula is C33H39N3O4S. The van der Waals surface area contributed by atoms with Gasteiger partial charge in [0.25, 0.3) is 5.91 Å². The summed E-state index contributed by atoms with van der Waals surface area (Å²) in [6.45, 7) is 9.10. The van der Waals surface area contributed by atoms with Crippen molar-refractivity contribution in [2.75, 3.05) is 31.1 Å². The van der Waals surface area contributed by atoms with E-state index in [9.17, 15) is 14.7 Å². The summed E-state index contributed by atoms with van der Waals surface area (Å²) in [5.41, 5.74) is 4.85. The number of likely N-dealkylation sites (tertiary alicyclic amines) is 1. The number of anilines is 1. The first-order valence-electron chi connectivity index (χ1n) is 14.7. The van der Waals surface area contributed by atoms with Gasteiger partial charge in [0.2, 0.25) is 0 Å². The van der Waals surface area contributed by atoms with E-state index in [1.54, 1.807) is 23.2 Å². The van der Waals surface area contributed by atoms with Gasteiger partial charge >= 0.3 is 0 Å². The molecule has 2 unspecified atom stereocenters. The molecule has 3 aliphatic rings. The van der Waals surface area contributed by atoms with E-state index >= 15 is 0 Å². The van der Waals surface area contributed by atoms with Crippen molar-refractivity contribution in [3.63, 3.8) is 0 Å².